The van der Waals surface area contributed by atoms with Crippen LogP contribution < -0.4 is 10.6 Å². The number of furan rings is 1. The van der Waals surface area contributed by atoms with E-state index in [0.717, 1.165) is 24.7 Å². The lowest BCUT2D eigenvalue weighted by Crippen LogP contribution is -2.45. The summed E-state index contributed by atoms with van der Waals surface area (Å²) in [6.45, 7) is 0.980. The number of halogens is 2. The van der Waals surface area contributed by atoms with Gasteiger partial charge in [-0.3, -0.25) is 9.38 Å². The molecule has 0 atom stereocenters. The Morgan fingerprint density at radius 1 is 1.32 bits per heavy atom. The number of guanidine groups is 1. The lowest BCUT2D eigenvalue weighted by molar-refractivity contribution is 0.409. The van der Waals surface area contributed by atoms with E-state index in [1.165, 1.54) is 32.1 Å². The van der Waals surface area contributed by atoms with E-state index in [9.17, 15) is 4.39 Å². The highest BCUT2D eigenvalue weighted by Gasteiger charge is 2.14. The molecule has 1 saturated carbocycles. The Labute approximate surface area is 149 Å². The Morgan fingerprint density at radius 2 is 2.14 bits per heavy atom. The van der Waals surface area contributed by atoms with Gasteiger partial charge in [0.15, 0.2) is 5.96 Å². The van der Waals surface area contributed by atoms with Gasteiger partial charge in [-0.25, -0.2) is 0 Å². The SMILES string of the molecule is FCCCN=C(NCCc1ccco1)NC1CCCCC1.I. The van der Waals surface area contributed by atoms with Crippen molar-refractivity contribution in [2.75, 3.05) is 19.8 Å². The van der Waals surface area contributed by atoms with Crippen molar-refractivity contribution >= 4 is 29.9 Å². The third-order valence-corrected chi connectivity index (χ3v) is 3.75. The van der Waals surface area contributed by atoms with Crippen LogP contribution in [0.3, 0.4) is 0 Å². The molecule has 0 aliphatic heterocycles. The summed E-state index contributed by atoms with van der Waals surface area (Å²) >= 11 is 0. The zero-order chi connectivity index (χ0) is 14.8. The summed E-state index contributed by atoms with van der Waals surface area (Å²) < 4.78 is 17.5. The summed E-state index contributed by atoms with van der Waals surface area (Å²) in [6.07, 6.45) is 9.27. The van der Waals surface area contributed by atoms with E-state index >= 15 is 0 Å². The molecule has 126 valence electrons. The van der Waals surface area contributed by atoms with Crippen LogP contribution in [-0.4, -0.2) is 31.8 Å². The predicted molar refractivity (Wildman–Crippen MR) is 98.7 cm³/mol. The Hall–Kier alpha value is -0.790. The topological polar surface area (TPSA) is 49.6 Å². The van der Waals surface area contributed by atoms with E-state index in [0.29, 0.717) is 19.0 Å². The number of hydrogen-bond acceptors (Lipinski definition) is 2. The summed E-state index contributed by atoms with van der Waals surface area (Å²) in [5, 5.41) is 6.80. The van der Waals surface area contributed by atoms with Crippen LogP contribution in [0.5, 0.6) is 0 Å². The minimum Gasteiger partial charge on any atom is -0.469 e. The van der Waals surface area contributed by atoms with Crippen LogP contribution in [0.2, 0.25) is 0 Å². The second-order valence-electron chi connectivity index (χ2n) is 5.51. The van der Waals surface area contributed by atoms with Gasteiger partial charge in [0.05, 0.1) is 12.9 Å². The van der Waals surface area contributed by atoms with Crippen molar-refractivity contribution in [2.45, 2.75) is 51.0 Å². The number of rotatable bonds is 7. The third-order valence-electron chi connectivity index (χ3n) is 3.75. The van der Waals surface area contributed by atoms with E-state index in [1.54, 1.807) is 6.26 Å². The summed E-state index contributed by atoms with van der Waals surface area (Å²) in [5.41, 5.74) is 0. The molecule has 1 aliphatic carbocycles. The minimum atomic E-state index is -0.313. The predicted octanol–water partition coefficient (Wildman–Crippen LogP) is 3.67. The molecule has 22 heavy (non-hydrogen) atoms. The minimum absolute atomic E-state index is 0. The van der Waals surface area contributed by atoms with Crippen LogP contribution in [0.1, 0.15) is 44.3 Å². The molecule has 0 saturated heterocycles. The van der Waals surface area contributed by atoms with Gasteiger partial charge in [0, 0.05) is 25.6 Å². The third kappa shape index (κ3) is 7.47. The van der Waals surface area contributed by atoms with Gasteiger partial charge in [0.25, 0.3) is 0 Å². The second-order valence-corrected chi connectivity index (χ2v) is 5.51. The Bertz CT molecular complexity index is 406. The number of nitrogens with one attached hydrogen (secondary N) is 2. The molecule has 1 aromatic rings. The fraction of sp³-hybridized carbons (Fsp3) is 0.688. The Morgan fingerprint density at radius 3 is 2.82 bits per heavy atom. The summed E-state index contributed by atoms with van der Waals surface area (Å²) in [7, 11) is 0. The molecule has 0 bridgehead atoms. The van der Waals surface area contributed by atoms with Crippen molar-refractivity contribution < 1.29 is 8.81 Å². The van der Waals surface area contributed by atoms with E-state index in [2.05, 4.69) is 15.6 Å². The largest absolute Gasteiger partial charge is 0.469 e. The number of alkyl halides is 1. The van der Waals surface area contributed by atoms with Gasteiger partial charge in [-0.1, -0.05) is 19.3 Å². The van der Waals surface area contributed by atoms with E-state index in [4.69, 9.17) is 4.42 Å². The molecule has 2 rings (SSSR count). The monoisotopic (exact) mass is 423 g/mol. The quantitative estimate of drug-likeness (QED) is 0.305. The summed E-state index contributed by atoms with van der Waals surface area (Å²) in [4.78, 5) is 4.45. The molecule has 0 spiro atoms. The van der Waals surface area contributed by atoms with Gasteiger partial charge in [0.1, 0.15) is 5.76 Å². The average Bonchev–Trinajstić information content (AvgIpc) is 3.02. The van der Waals surface area contributed by atoms with Crippen LogP contribution in [0.25, 0.3) is 0 Å². The van der Waals surface area contributed by atoms with Gasteiger partial charge in [0.2, 0.25) is 0 Å². The Balaban J connectivity index is 0.00000242. The zero-order valence-corrected chi connectivity index (χ0v) is 15.4. The first kappa shape index (κ1) is 19.3. The molecule has 0 aromatic carbocycles. The smallest absolute Gasteiger partial charge is 0.191 e. The molecular formula is C16H27FIN3O. The van der Waals surface area contributed by atoms with Crippen molar-refractivity contribution in [1.29, 1.82) is 0 Å². The average molecular weight is 423 g/mol. The van der Waals surface area contributed by atoms with Crippen LogP contribution in [0.4, 0.5) is 4.39 Å². The molecule has 0 radical (unpaired) electrons. The van der Waals surface area contributed by atoms with Crippen LogP contribution >= 0.6 is 24.0 Å². The van der Waals surface area contributed by atoms with Crippen molar-refractivity contribution in [1.82, 2.24) is 10.6 Å². The van der Waals surface area contributed by atoms with Crippen molar-refractivity contribution in [3.63, 3.8) is 0 Å². The van der Waals surface area contributed by atoms with Crippen molar-refractivity contribution in [3.05, 3.63) is 24.2 Å². The van der Waals surface area contributed by atoms with Crippen LogP contribution in [0, 0.1) is 0 Å². The molecule has 1 fully saturated rings. The molecular weight excluding hydrogens is 396 g/mol. The molecule has 4 nitrogen and oxygen atoms in total. The van der Waals surface area contributed by atoms with Crippen molar-refractivity contribution in [3.8, 4) is 0 Å². The van der Waals surface area contributed by atoms with E-state index in [-0.39, 0.29) is 30.7 Å². The normalized spacial score (nSPS) is 16.1. The summed E-state index contributed by atoms with van der Waals surface area (Å²) in [5.74, 6) is 1.77. The number of hydrogen-bond donors (Lipinski definition) is 2. The van der Waals surface area contributed by atoms with Gasteiger partial charge in [-0.2, -0.15) is 0 Å². The lowest BCUT2D eigenvalue weighted by Gasteiger charge is -2.25. The van der Waals surface area contributed by atoms with Crippen LogP contribution in [-0.2, 0) is 6.42 Å². The number of nitrogens with zero attached hydrogens (tertiary/aromatic N) is 1. The highest BCUT2D eigenvalue weighted by atomic mass is 127. The standard InChI is InChI=1S/C16H26FN3O.HI/c17-10-5-11-18-16(20-14-6-2-1-3-7-14)19-12-9-15-8-4-13-21-15;/h4,8,13-14H,1-3,5-7,9-12H2,(H2,18,19,20);1H. The van der Waals surface area contributed by atoms with Gasteiger partial charge in [-0.05, 0) is 31.4 Å². The van der Waals surface area contributed by atoms with Crippen LogP contribution in [0.15, 0.2) is 27.8 Å². The fourth-order valence-corrected chi connectivity index (χ4v) is 2.60. The Kier molecular flexibility index (Phi) is 10.3. The molecule has 1 aromatic heterocycles. The first-order chi connectivity index (χ1) is 10.4. The van der Waals surface area contributed by atoms with E-state index < -0.39 is 0 Å². The molecule has 1 aliphatic rings. The first-order valence-electron chi connectivity index (χ1n) is 8.01. The summed E-state index contributed by atoms with van der Waals surface area (Å²) in [6, 6.07) is 4.36. The highest BCUT2D eigenvalue weighted by Crippen LogP contribution is 2.17. The first-order valence-corrected chi connectivity index (χ1v) is 8.01. The van der Waals surface area contributed by atoms with Crippen molar-refractivity contribution in [2.24, 2.45) is 4.99 Å². The zero-order valence-electron chi connectivity index (χ0n) is 13.0. The van der Waals surface area contributed by atoms with Gasteiger partial charge >= 0.3 is 0 Å². The molecule has 6 heteroatoms. The fourth-order valence-electron chi connectivity index (χ4n) is 2.60. The maximum absolute atomic E-state index is 12.2. The molecule has 2 N–H and O–H groups in total. The molecule has 0 amide bonds. The lowest BCUT2D eigenvalue weighted by atomic mass is 9.96. The van der Waals surface area contributed by atoms with E-state index in [1.807, 2.05) is 12.1 Å². The maximum atomic E-state index is 12.2. The van der Waals surface area contributed by atoms with Gasteiger partial charge < -0.3 is 15.1 Å². The number of aliphatic imine (C=N–C) groups is 1. The van der Waals surface area contributed by atoms with Gasteiger partial charge in [-0.15, -0.1) is 24.0 Å². The molecule has 1 heterocycles. The maximum Gasteiger partial charge on any atom is 0.191 e. The second kappa shape index (κ2) is 11.7. The molecule has 0 unspecified atom stereocenters. The highest BCUT2D eigenvalue weighted by molar-refractivity contribution is 14.0.